The molecule has 20 heavy (non-hydrogen) atoms. The topological polar surface area (TPSA) is 127 Å². The van der Waals surface area contributed by atoms with E-state index in [-0.39, 0.29) is 23.1 Å². The summed E-state index contributed by atoms with van der Waals surface area (Å²) in [6, 6.07) is 3.32. The molecule has 0 aliphatic carbocycles. The van der Waals surface area contributed by atoms with Crippen LogP contribution in [0.25, 0.3) is 0 Å². The molecule has 1 aromatic rings. The molecule has 0 heterocycles. The average molecular weight is 283 g/mol. The summed E-state index contributed by atoms with van der Waals surface area (Å²) < 4.78 is 0. The molecule has 0 radical (unpaired) electrons. The molecular formula is C13H17NO6. The summed E-state index contributed by atoms with van der Waals surface area (Å²) in [6.45, 7) is 0.430. The maximum Gasteiger partial charge on any atom is 0.336 e. The zero-order chi connectivity index (χ0) is 15.3. The molecule has 0 fully saturated rings. The van der Waals surface area contributed by atoms with Gasteiger partial charge in [0.2, 0.25) is 0 Å². The predicted octanol–water partition coefficient (Wildman–Crippen LogP) is 0.0868. The first-order chi connectivity index (χ1) is 9.38. The Balaban J connectivity index is 3.14. The van der Waals surface area contributed by atoms with E-state index in [0.717, 1.165) is 18.2 Å². The van der Waals surface area contributed by atoms with Gasteiger partial charge in [0.15, 0.2) is 0 Å². The minimum atomic E-state index is -1.46. The van der Waals surface area contributed by atoms with Gasteiger partial charge in [-0.05, 0) is 43.8 Å². The van der Waals surface area contributed by atoms with E-state index >= 15 is 0 Å². The Morgan fingerprint density at radius 1 is 1.20 bits per heavy atom. The fourth-order valence-corrected chi connectivity index (χ4v) is 1.79. The first-order valence-corrected chi connectivity index (χ1v) is 5.99. The molecule has 110 valence electrons. The highest BCUT2D eigenvalue weighted by molar-refractivity contribution is 5.93. The largest absolute Gasteiger partial charge is 0.478 e. The average Bonchev–Trinajstić information content (AvgIpc) is 2.42. The number of aromatic carboxylic acids is 2. The van der Waals surface area contributed by atoms with Crippen molar-refractivity contribution < 1.29 is 30.0 Å². The van der Waals surface area contributed by atoms with Crippen LogP contribution in [-0.2, 0) is 0 Å². The van der Waals surface area contributed by atoms with Crippen molar-refractivity contribution in [1.82, 2.24) is 5.32 Å². The summed E-state index contributed by atoms with van der Waals surface area (Å²) in [6.07, 6.45) is -2.45. The van der Waals surface area contributed by atoms with Crippen LogP contribution in [0.15, 0.2) is 18.2 Å². The second-order valence-corrected chi connectivity index (χ2v) is 4.32. The molecule has 0 amide bonds. The van der Waals surface area contributed by atoms with Gasteiger partial charge in [-0.2, -0.15) is 0 Å². The molecule has 7 heteroatoms. The molecule has 0 aliphatic rings. The Bertz CT molecular complexity index is 502. The summed E-state index contributed by atoms with van der Waals surface area (Å²) in [5.41, 5.74) is -0.489. The fraction of sp³-hybridized carbons (Fsp3) is 0.385. The van der Waals surface area contributed by atoms with Crippen LogP contribution in [0, 0.1) is 0 Å². The maximum atomic E-state index is 11.1. The lowest BCUT2D eigenvalue weighted by Crippen LogP contribution is -2.25. The Hall–Kier alpha value is -1.96. The second-order valence-electron chi connectivity index (χ2n) is 4.32. The summed E-state index contributed by atoms with van der Waals surface area (Å²) in [5, 5.41) is 40.6. The van der Waals surface area contributed by atoms with Gasteiger partial charge in [-0.25, -0.2) is 9.59 Å². The highest BCUT2D eigenvalue weighted by Gasteiger charge is 2.24. The monoisotopic (exact) mass is 283 g/mol. The summed E-state index contributed by atoms with van der Waals surface area (Å²) in [7, 11) is 1.67. The molecule has 0 bridgehead atoms. The van der Waals surface area contributed by atoms with Crippen LogP contribution in [-0.4, -0.2) is 52.1 Å². The number of carboxylic acids is 2. The predicted molar refractivity (Wildman–Crippen MR) is 69.9 cm³/mol. The zero-order valence-corrected chi connectivity index (χ0v) is 10.9. The second kappa shape index (κ2) is 6.99. The molecular weight excluding hydrogens is 266 g/mol. The van der Waals surface area contributed by atoms with Crippen LogP contribution < -0.4 is 5.32 Å². The summed E-state index contributed by atoms with van der Waals surface area (Å²) >= 11 is 0. The van der Waals surface area contributed by atoms with E-state index in [4.69, 9.17) is 10.2 Å². The van der Waals surface area contributed by atoms with E-state index in [0.29, 0.717) is 6.54 Å². The van der Waals surface area contributed by atoms with Crippen molar-refractivity contribution in [2.45, 2.75) is 18.6 Å². The van der Waals surface area contributed by atoms with E-state index in [9.17, 15) is 19.8 Å². The van der Waals surface area contributed by atoms with Crippen molar-refractivity contribution in [3.63, 3.8) is 0 Å². The van der Waals surface area contributed by atoms with Gasteiger partial charge in [0.05, 0.1) is 17.2 Å². The first kappa shape index (κ1) is 16.1. The molecule has 1 aromatic carbocycles. The number of carbonyl (C=O) groups is 2. The Kier molecular flexibility index (Phi) is 5.63. The summed E-state index contributed by atoms with van der Waals surface area (Å²) in [4.78, 5) is 22.0. The van der Waals surface area contributed by atoms with E-state index in [2.05, 4.69) is 5.32 Å². The Morgan fingerprint density at radius 3 is 2.35 bits per heavy atom. The number of carboxylic acid groups (broad SMARTS) is 2. The number of nitrogens with one attached hydrogen (secondary N) is 1. The van der Waals surface area contributed by atoms with Crippen molar-refractivity contribution in [3.8, 4) is 0 Å². The molecule has 7 nitrogen and oxygen atoms in total. The number of aliphatic hydroxyl groups excluding tert-OH is 2. The normalized spacial score (nSPS) is 13.8. The Labute approximate surface area is 115 Å². The first-order valence-electron chi connectivity index (χ1n) is 5.99. The van der Waals surface area contributed by atoms with Crippen molar-refractivity contribution in [2.24, 2.45) is 0 Å². The van der Waals surface area contributed by atoms with E-state index in [1.165, 1.54) is 0 Å². The number of benzene rings is 1. The number of aliphatic hydroxyl groups is 2. The van der Waals surface area contributed by atoms with Crippen molar-refractivity contribution in [2.75, 3.05) is 13.6 Å². The van der Waals surface area contributed by atoms with Gasteiger partial charge in [0.25, 0.3) is 0 Å². The molecule has 0 spiro atoms. The lowest BCUT2D eigenvalue weighted by molar-refractivity contribution is 0.0130. The quantitative estimate of drug-likeness (QED) is 0.479. The lowest BCUT2D eigenvalue weighted by Gasteiger charge is -2.20. The van der Waals surface area contributed by atoms with E-state index in [1.807, 2.05) is 0 Å². The third-order valence-electron chi connectivity index (χ3n) is 2.90. The van der Waals surface area contributed by atoms with Crippen molar-refractivity contribution in [3.05, 3.63) is 34.9 Å². The van der Waals surface area contributed by atoms with E-state index in [1.54, 1.807) is 7.05 Å². The van der Waals surface area contributed by atoms with Crippen molar-refractivity contribution >= 4 is 11.9 Å². The van der Waals surface area contributed by atoms with Gasteiger partial charge in [-0.1, -0.05) is 0 Å². The molecule has 1 rings (SSSR count). The minimum absolute atomic E-state index is 0.110. The molecule has 0 aliphatic heterocycles. The Morgan fingerprint density at radius 2 is 1.85 bits per heavy atom. The lowest BCUT2D eigenvalue weighted by atomic mass is 9.95. The van der Waals surface area contributed by atoms with Gasteiger partial charge >= 0.3 is 11.9 Å². The van der Waals surface area contributed by atoms with E-state index < -0.39 is 24.1 Å². The maximum absolute atomic E-state index is 11.1. The minimum Gasteiger partial charge on any atom is -0.478 e. The number of hydrogen-bond donors (Lipinski definition) is 5. The van der Waals surface area contributed by atoms with Crippen LogP contribution in [0.5, 0.6) is 0 Å². The number of hydrogen-bond acceptors (Lipinski definition) is 5. The molecule has 0 saturated carbocycles. The number of rotatable bonds is 7. The standard InChI is InChI=1S/C13H17NO6/c1-14-5-4-10(15)11(16)9-6-7(12(17)18)2-3-8(9)13(19)20/h2-3,6,10-11,14-16H,4-5H2,1H3,(H,17,18)(H,19,20). The molecule has 2 atom stereocenters. The SMILES string of the molecule is CNCCC(O)C(O)c1cc(C(=O)O)ccc1C(=O)O. The molecule has 0 saturated heterocycles. The highest BCUT2D eigenvalue weighted by Crippen LogP contribution is 2.24. The van der Waals surface area contributed by atoms with Crippen LogP contribution in [0.4, 0.5) is 0 Å². The van der Waals surface area contributed by atoms with Crippen LogP contribution >= 0.6 is 0 Å². The van der Waals surface area contributed by atoms with Gasteiger partial charge in [0.1, 0.15) is 6.10 Å². The summed E-state index contributed by atoms with van der Waals surface area (Å²) in [5.74, 6) is -2.53. The van der Waals surface area contributed by atoms with Crippen LogP contribution in [0.2, 0.25) is 0 Å². The zero-order valence-electron chi connectivity index (χ0n) is 10.9. The molecule has 2 unspecified atom stereocenters. The van der Waals surface area contributed by atoms with Gasteiger partial charge in [-0.3, -0.25) is 0 Å². The van der Waals surface area contributed by atoms with Crippen molar-refractivity contribution in [1.29, 1.82) is 0 Å². The molecule has 5 N–H and O–H groups in total. The van der Waals surface area contributed by atoms with Crippen LogP contribution in [0.3, 0.4) is 0 Å². The van der Waals surface area contributed by atoms with Gasteiger partial charge < -0.3 is 25.7 Å². The van der Waals surface area contributed by atoms with Gasteiger partial charge in [0, 0.05) is 0 Å². The van der Waals surface area contributed by atoms with Crippen LogP contribution in [0.1, 0.15) is 38.8 Å². The van der Waals surface area contributed by atoms with Gasteiger partial charge in [-0.15, -0.1) is 0 Å². The third-order valence-corrected chi connectivity index (χ3v) is 2.90. The third kappa shape index (κ3) is 3.77. The highest BCUT2D eigenvalue weighted by atomic mass is 16.4. The fourth-order valence-electron chi connectivity index (χ4n) is 1.79. The molecule has 0 aromatic heterocycles. The smallest absolute Gasteiger partial charge is 0.336 e.